The molecule has 0 aliphatic heterocycles. The third-order valence-electron chi connectivity index (χ3n) is 1.76. The first-order chi connectivity index (χ1) is 6.07. The Balaban J connectivity index is 2.63. The zero-order chi connectivity index (χ0) is 9.47. The van der Waals surface area contributed by atoms with Gasteiger partial charge in [-0.15, -0.1) is 15.3 Å². The molecule has 5 nitrogen and oxygen atoms in total. The number of nitrogens with zero attached hydrogens (tertiary/aromatic N) is 5. The third-order valence-corrected chi connectivity index (χ3v) is 1.76. The zero-order valence-corrected chi connectivity index (χ0v) is 7.89. The summed E-state index contributed by atoms with van der Waals surface area (Å²) in [6.45, 7) is 6.23. The lowest BCUT2D eigenvalue weighted by molar-refractivity contribution is 0.357. The van der Waals surface area contributed by atoms with Gasteiger partial charge in [-0.25, -0.2) is 4.98 Å². The van der Waals surface area contributed by atoms with E-state index in [4.69, 9.17) is 0 Å². The molecule has 0 spiro atoms. The van der Waals surface area contributed by atoms with Crippen molar-refractivity contribution in [3.8, 4) is 0 Å². The summed E-state index contributed by atoms with van der Waals surface area (Å²) < 4.78 is 1.85. The Morgan fingerprint density at radius 2 is 2.08 bits per heavy atom. The molecule has 0 radical (unpaired) electrons. The Morgan fingerprint density at radius 3 is 2.69 bits per heavy atom. The van der Waals surface area contributed by atoms with Gasteiger partial charge in [0.1, 0.15) is 11.8 Å². The number of rotatable bonds is 0. The van der Waals surface area contributed by atoms with Gasteiger partial charge >= 0.3 is 0 Å². The van der Waals surface area contributed by atoms with Crippen molar-refractivity contribution in [1.29, 1.82) is 0 Å². The highest BCUT2D eigenvalue weighted by atomic mass is 15.3. The maximum Gasteiger partial charge on any atom is 0.221 e. The summed E-state index contributed by atoms with van der Waals surface area (Å²) in [7, 11) is 0. The highest BCUT2D eigenvalue weighted by Crippen LogP contribution is 2.14. The van der Waals surface area contributed by atoms with Crippen LogP contribution in [0.2, 0.25) is 0 Å². The molecule has 0 bridgehead atoms. The maximum atomic E-state index is 4.26. The lowest BCUT2D eigenvalue weighted by Gasteiger charge is -2.18. The maximum absolute atomic E-state index is 4.26. The molecule has 0 saturated carbocycles. The van der Waals surface area contributed by atoms with Crippen LogP contribution >= 0.6 is 0 Å². The van der Waals surface area contributed by atoms with E-state index in [2.05, 4.69) is 41.1 Å². The largest absolute Gasteiger partial charge is 0.263 e. The Morgan fingerprint density at radius 1 is 1.31 bits per heavy atom. The number of fused-ring (bicyclic) bond motifs is 1. The van der Waals surface area contributed by atoms with Gasteiger partial charge in [0.2, 0.25) is 5.65 Å². The molecule has 2 aromatic rings. The standard InChI is InChI=1S/C8H11N5/c1-8(2,3)13-4-6-7(12-13)11-10-5-9-6/h4-5H,1-3H3. The van der Waals surface area contributed by atoms with Crippen molar-refractivity contribution in [2.24, 2.45) is 0 Å². The van der Waals surface area contributed by atoms with E-state index in [1.165, 1.54) is 6.33 Å². The van der Waals surface area contributed by atoms with E-state index in [1.807, 2.05) is 10.9 Å². The van der Waals surface area contributed by atoms with Gasteiger partial charge in [-0.2, -0.15) is 0 Å². The highest BCUT2D eigenvalue weighted by molar-refractivity contribution is 5.67. The minimum absolute atomic E-state index is 0.0393. The van der Waals surface area contributed by atoms with Crippen molar-refractivity contribution in [3.63, 3.8) is 0 Å². The average molecular weight is 177 g/mol. The molecule has 0 fully saturated rings. The molecule has 5 heteroatoms. The molecule has 0 unspecified atom stereocenters. The van der Waals surface area contributed by atoms with Gasteiger partial charge in [0.05, 0.1) is 11.7 Å². The van der Waals surface area contributed by atoms with Crippen LogP contribution in [0.1, 0.15) is 20.8 Å². The molecule has 0 aliphatic carbocycles. The normalized spacial score (nSPS) is 12.2. The smallest absolute Gasteiger partial charge is 0.221 e. The SMILES string of the molecule is CC(C)(C)n1cc2ncnnc2n1. The highest BCUT2D eigenvalue weighted by Gasteiger charge is 2.15. The molecule has 0 saturated heterocycles. The molecule has 0 N–H and O–H groups in total. The van der Waals surface area contributed by atoms with Gasteiger partial charge in [-0.05, 0) is 20.8 Å². The minimum Gasteiger partial charge on any atom is -0.263 e. The van der Waals surface area contributed by atoms with Crippen LogP contribution in [0.4, 0.5) is 0 Å². The van der Waals surface area contributed by atoms with E-state index in [0.29, 0.717) is 5.65 Å². The average Bonchev–Trinajstić information content (AvgIpc) is 2.45. The lowest BCUT2D eigenvalue weighted by Crippen LogP contribution is -2.21. The van der Waals surface area contributed by atoms with E-state index in [1.54, 1.807) is 0 Å². The third kappa shape index (κ3) is 1.37. The summed E-state index contributed by atoms with van der Waals surface area (Å²) in [5.41, 5.74) is 1.34. The first-order valence-electron chi connectivity index (χ1n) is 4.11. The molecule has 2 heterocycles. The van der Waals surface area contributed by atoms with E-state index in [9.17, 15) is 0 Å². The number of hydrogen-bond acceptors (Lipinski definition) is 4. The predicted molar refractivity (Wildman–Crippen MR) is 48.1 cm³/mol. The molecule has 0 atom stereocenters. The molecule has 13 heavy (non-hydrogen) atoms. The quantitative estimate of drug-likeness (QED) is 0.601. The van der Waals surface area contributed by atoms with Gasteiger partial charge in [-0.3, -0.25) is 4.68 Å². The van der Waals surface area contributed by atoms with Crippen LogP contribution in [0, 0.1) is 0 Å². The Hall–Kier alpha value is -1.52. The summed E-state index contributed by atoms with van der Waals surface area (Å²) in [4.78, 5) is 4.06. The van der Waals surface area contributed by atoms with Crippen LogP contribution in [-0.2, 0) is 5.54 Å². The van der Waals surface area contributed by atoms with Gasteiger partial charge in [0.15, 0.2) is 0 Å². The van der Waals surface area contributed by atoms with E-state index in [-0.39, 0.29) is 5.54 Å². The molecular formula is C8H11N5. The van der Waals surface area contributed by atoms with Gasteiger partial charge in [0, 0.05) is 0 Å². The second-order valence-corrected chi connectivity index (χ2v) is 3.91. The summed E-state index contributed by atoms with van der Waals surface area (Å²) in [5, 5.41) is 11.8. The Kier molecular flexibility index (Phi) is 1.55. The van der Waals surface area contributed by atoms with E-state index >= 15 is 0 Å². The van der Waals surface area contributed by atoms with E-state index in [0.717, 1.165) is 5.52 Å². The van der Waals surface area contributed by atoms with Gasteiger partial charge in [0.25, 0.3) is 0 Å². The fourth-order valence-electron chi connectivity index (χ4n) is 1.03. The van der Waals surface area contributed by atoms with Crippen molar-refractivity contribution in [2.45, 2.75) is 26.3 Å². The molecule has 2 aromatic heterocycles. The fourth-order valence-corrected chi connectivity index (χ4v) is 1.03. The van der Waals surface area contributed by atoms with Crippen molar-refractivity contribution in [1.82, 2.24) is 25.0 Å². The summed E-state index contributed by atoms with van der Waals surface area (Å²) in [6.07, 6.45) is 3.31. The predicted octanol–water partition coefficient (Wildman–Crippen LogP) is 0.976. The van der Waals surface area contributed by atoms with Crippen LogP contribution < -0.4 is 0 Å². The summed E-state index contributed by atoms with van der Waals surface area (Å²) >= 11 is 0. The fraction of sp³-hybridized carbons (Fsp3) is 0.500. The van der Waals surface area contributed by atoms with Crippen LogP contribution in [0.5, 0.6) is 0 Å². The van der Waals surface area contributed by atoms with Gasteiger partial charge in [-0.1, -0.05) is 0 Å². The minimum atomic E-state index is -0.0393. The summed E-state index contributed by atoms with van der Waals surface area (Å²) in [5.74, 6) is 0. The zero-order valence-electron chi connectivity index (χ0n) is 7.89. The van der Waals surface area contributed by atoms with Crippen LogP contribution in [0.3, 0.4) is 0 Å². The number of hydrogen-bond donors (Lipinski definition) is 0. The molecule has 68 valence electrons. The summed E-state index contributed by atoms with van der Waals surface area (Å²) in [6, 6.07) is 0. The Labute approximate surface area is 75.8 Å². The first kappa shape index (κ1) is 8.10. The second-order valence-electron chi connectivity index (χ2n) is 3.91. The molecule has 0 aliphatic rings. The second kappa shape index (κ2) is 2.48. The van der Waals surface area contributed by atoms with Gasteiger partial charge < -0.3 is 0 Å². The lowest BCUT2D eigenvalue weighted by atomic mass is 10.1. The monoisotopic (exact) mass is 177 g/mol. The van der Waals surface area contributed by atoms with E-state index < -0.39 is 0 Å². The molecule has 0 aromatic carbocycles. The topological polar surface area (TPSA) is 56.5 Å². The van der Waals surface area contributed by atoms with Crippen LogP contribution in [0.25, 0.3) is 11.2 Å². The van der Waals surface area contributed by atoms with Crippen molar-refractivity contribution < 1.29 is 0 Å². The van der Waals surface area contributed by atoms with Crippen LogP contribution in [-0.4, -0.2) is 25.0 Å². The molecule has 0 amide bonds. The van der Waals surface area contributed by atoms with Crippen molar-refractivity contribution in [3.05, 3.63) is 12.5 Å². The first-order valence-corrected chi connectivity index (χ1v) is 4.11. The van der Waals surface area contributed by atoms with Crippen LogP contribution in [0.15, 0.2) is 12.5 Å². The Bertz CT molecular complexity index is 392. The van der Waals surface area contributed by atoms with Crippen molar-refractivity contribution in [2.75, 3.05) is 0 Å². The van der Waals surface area contributed by atoms with Crippen molar-refractivity contribution >= 4 is 11.2 Å². The molecular weight excluding hydrogens is 166 g/mol. The molecule has 2 rings (SSSR count). The number of aromatic nitrogens is 5.